The quantitative estimate of drug-likeness (QED) is 0.516. The summed E-state index contributed by atoms with van der Waals surface area (Å²) in [5.41, 5.74) is 1.74. The first-order valence-corrected chi connectivity index (χ1v) is 13.6. The van der Waals surface area contributed by atoms with Gasteiger partial charge in [-0.3, -0.25) is 9.10 Å². The van der Waals surface area contributed by atoms with Gasteiger partial charge in [0, 0.05) is 18.1 Å². The molecule has 8 nitrogen and oxygen atoms in total. The Morgan fingerprint density at radius 3 is 2.43 bits per heavy atom. The van der Waals surface area contributed by atoms with E-state index in [9.17, 15) is 13.2 Å². The lowest BCUT2D eigenvalue weighted by Crippen LogP contribution is -2.45. The average molecular weight is 523 g/mol. The van der Waals surface area contributed by atoms with Gasteiger partial charge in [-0.1, -0.05) is 35.9 Å². The number of ether oxygens (including phenoxy) is 3. The number of benzene rings is 3. The molecule has 3 aromatic carbocycles. The Morgan fingerprint density at radius 2 is 1.68 bits per heavy atom. The van der Waals surface area contributed by atoms with E-state index in [2.05, 4.69) is 5.32 Å². The summed E-state index contributed by atoms with van der Waals surface area (Å²) >= 11 is 0. The van der Waals surface area contributed by atoms with E-state index in [1.54, 1.807) is 36.4 Å². The SMILES string of the molecule is Cc1ccc2c(c1)C(NC(=O)CN(c1ccc3c(c1)OCCO3)S(=O)(=O)c1ccccc1)CC(C)(C)O2. The maximum atomic E-state index is 13.7. The van der Waals surface area contributed by atoms with Crippen molar-refractivity contribution in [1.82, 2.24) is 5.32 Å². The Morgan fingerprint density at radius 1 is 0.973 bits per heavy atom. The number of aryl methyl sites for hydroxylation is 1. The van der Waals surface area contributed by atoms with Gasteiger partial charge in [-0.25, -0.2) is 8.42 Å². The Hall–Kier alpha value is -3.72. The number of sulfonamides is 1. The van der Waals surface area contributed by atoms with Crippen LogP contribution in [-0.4, -0.2) is 39.7 Å². The summed E-state index contributed by atoms with van der Waals surface area (Å²) in [6.07, 6.45) is 0.546. The maximum absolute atomic E-state index is 13.7. The van der Waals surface area contributed by atoms with E-state index in [1.165, 1.54) is 12.1 Å². The Balaban J connectivity index is 1.47. The van der Waals surface area contributed by atoms with E-state index >= 15 is 0 Å². The fraction of sp³-hybridized carbons (Fsp3) is 0.321. The van der Waals surface area contributed by atoms with Crippen LogP contribution in [0.5, 0.6) is 17.2 Å². The van der Waals surface area contributed by atoms with Crippen LogP contribution in [0.25, 0.3) is 0 Å². The zero-order chi connectivity index (χ0) is 26.2. The highest BCUT2D eigenvalue weighted by molar-refractivity contribution is 7.92. The van der Waals surface area contributed by atoms with Crippen molar-refractivity contribution in [3.8, 4) is 17.2 Å². The van der Waals surface area contributed by atoms with Crippen LogP contribution in [0.1, 0.15) is 37.4 Å². The van der Waals surface area contributed by atoms with Gasteiger partial charge in [0.25, 0.3) is 10.0 Å². The third kappa shape index (κ3) is 5.22. The van der Waals surface area contributed by atoms with Gasteiger partial charge < -0.3 is 19.5 Å². The molecule has 9 heteroatoms. The number of hydrogen-bond donors (Lipinski definition) is 1. The van der Waals surface area contributed by atoms with E-state index in [0.717, 1.165) is 15.4 Å². The molecule has 1 amide bonds. The van der Waals surface area contributed by atoms with Gasteiger partial charge in [0.05, 0.1) is 16.6 Å². The molecule has 0 fully saturated rings. The van der Waals surface area contributed by atoms with Crippen molar-refractivity contribution in [2.45, 2.75) is 43.7 Å². The molecule has 3 aromatic rings. The third-order valence-electron chi connectivity index (χ3n) is 6.39. The van der Waals surface area contributed by atoms with Crippen molar-refractivity contribution >= 4 is 21.6 Å². The van der Waals surface area contributed by atoms with Gasteiger partial charge in [-0.15, -0.1) is 0 Å². The Labute approximate surface area is 217 Å². The van der Waals surface area contributed by atoms with Crippen molar-refractivity contribution in [2.24, 2.45) is 0 Å². The topological polar surface area (TPSA) is 94.2 Å². The number of amides is 1. The molecule has 194 valence electrons. The number of hydrogen-bond acceptors (Lipinski definition) is 6. The van der Waals surface area contributed by atoms with Gasteiger partial charge >= 0.3 is 0 Å². The first kappa shape index (κ1) is 25.0. The fourth-order valence-electron chi connectivity index (χ4n) is 4.70. The van der Waals surface area contributed by atoms with Crippen LogP contribution in [0.15, 0.2) is 71.6 Å². The monoisotopic (exact) mass is 522 g/mol. The zero-order valence-electron chi connectivity index (χ0n) is 21.1. The van der Waals surface area contributed by atoms with E-state index in [4.69, 9.17) is 14.2 Å². The number of carbonyl (C=O) groups excluding carboxylic acids is 1. The van der Waals surface area contributed by atoms with E-state index in [1.807, 2.05) is 39.0 Å². The third-order valence-corrected chi connectivity index (χ3v) is 8.18. The summed E-state index contributed by atoms with van der Waals surface area (Å²) < 4.78 is 45.9. The van der Waals surface area contributed by atoms with Crippen LogP contribution in [0, 0.1) is 6.92 Å². The summed E-state index contributed by atoms with van der Waals surface area (Å²) in [5, 5.41) is 3.06. The number of rotatable bonds is 6. The number of fused-ring (bicyclic) bond motifs is 2. The van der Waals surface area contributed by atoms with Crippen molar-refractivity contribution < 1.29 is 27.4 Å². The second-order valence-electron chi connectivity index (χ2n) is 9.88. The molecule has 2 aliphatic rings. The number of anilines is 1. The Bertz CT molecular complexity index is 1420. The lowest BCUT2D eigenvalue weighted by molar-refractivity contribution is -0.120. The Kier molecular flexibility index (Phi) is 6.49. The van der Waals surface area contributed by atoms with E-state index < -0.39 is 28.1 Å². The molecule has 1 N–H and O–H groups in total. The van der Waals surface area contributed by atoms with Crippen molar-refractivity contribution in [1.29, 1.82) is 0 Å². The normalized spacial score (nSPS) is 17.8. The maximum Gasteiger partial charge on any atom is 0.264 e. The minimum Gasteiger partial charge on any atom is -0.487 e. The first-order valence-electron chi connectivity index (χ1n) is 12.2. The first-order chi connectivity index (χ1) is 17.6. The van der Waals surface area contributed by atoms with Gasteiger partial charge in [-0.2, -0.15) is 0 Å². The average Bonchev–Trinajstić information content (AvgIpc) is 2.87. The second kappa shape index (κ2) is 9.63. The molecule has 0 aromatic heterocycles. The molecule has 0 saturated carbocycles. The molecule has 0 radical (unpaired) electrons. The van der Waals surface area contributed by atoms with Crippen LogP contribution in [0.2, 0.25) is 0 Å². The van der Waals surface area contributed by atoms with Crippen LogP contribution < -0.4 is 23.8 Å². The molecular weight excluding hydrogens is 492 g/mol. The number of carbonyl (C=O) groups is 1. The van der Waals surface area contributed by atoms with Crippen molar-refractivity contribution in [3.63, 3.8) is 0 Å². The second-order valence-corrected chi connectivity index (χ2v) is 11.7. The molecule has 2 heterocycles. The molecule has 0 saturated heterocycles. The number of nitrogens with one attached hydrogen (secondary N) is 1. The van der Waals surface area contributed by atoms with E-state index in [0.29, 0.717) is 42.6 Å². The minimum absolute atomic E-state index is 0.0888. The van der Waals surface area contributed by atoms with Gasteiger partial charge in [-0.05, 0) is 51.1 Å². The highest BCUT2D eigenvalue weighted by Crippen LogP contribution is 2.40. The summed E-state index contributed by atoms with van der Waals surface area (Å²) in [6, 6.07) is 18.5. The molecule has 1 unspecified atom stereocenters. The van der Waals surface area contributed by atoms with Crippen molar-refractivity contribution in [2.75, 3.05) is 24.1 Å². The highest BCUT2D eigenvalue weighted by atomic mass is 32.2. The van der Waals surface area contributed by atoms with Crippen LogP contribution in [0.4, 0.5) is 5.69 Å². The summed E-state index contributed by atoms with van der Waals surface area (Å²) in [4.78, 5) is 13.5. The molecule has 0 spiro atoms. The largest absolute Gasteiger partial charge is 0.487 e. The van der Waals surface area contributed by atoms with Gasteiger partial charge in [0.2, 0.25) is 5.91 Å². The molecule has 2 aliphatic heterocycles. The molecule has 37 heavy (non-hydrogen) atoms. The zero-order valence-corrected chi connectivity index (χ0v) is 21.9. The van der Waals surface area contributed by atoms with Crippen LogP contribution >= 0.6 is 0 Å². The molecule has 5 rings (SSSR count). The van der Waals surface area contributed by atoms with Gasteiger partial charge in [0.1, 0.15) is 31.1 Å². The van der Waals surface area contributed by atoms with Crippen LogP contribution in [-0.2, 0) is 14.8 Å². The minimum atomic E-state index is -4.06. The lowest BCUT2D eigenvalue weighted by Gasteiger charge is -2.38. The predicted octanol–water partition coefficient (Wildman–Crippen LogP) is 4.38. The lowest BCUT2D eigenvalue weighted by atomic mass is 9.89. The summed E-state index contributed by atoms with van der Waals surface area (Å²) in [5.74, 6) is 1.26. The summed E-state index contributed by atoms with van der Waals surface area (Å²) in [6.45, 7) is 6.29. The van der Waals surface area contributed by atoms with Crippen LogP contribution in [0.3, 0.4) is 0 Å². The summed E-state index contributed by atoms with van der Waals surface area (Å²) in [7, 11) is -4.06. The molecular formula is C28H30N2O6S. The smallest absolute Gasteiger partial charge is 0.264 e. The fourth-order valence-corrected chi connectivity index (χ4v) is 6.13. The van der Waals surface area contributed by atoms with Crippen molar-refractivity contribution in [3.05, 3.63) is 77.9 Å². The number of nitrogens with zero attached hydrogens (tertiary/aromatic N) is 1. The molecule has 0 aliphatic carbocycles. The van der Waals surface area contributed by atoms with Gasteiger partial charge in [0.15, 0.2) is 11.5 Å². The molecule has 1 atom stereocenters. The predicted molar refractivity (Wildman–Crippen MR) is 140 cm³/mol. The highest BCUT2D eigenvalue weighted by Gasteiger charge is 2.36. The van der Waals surface area contributed by atoms with E-state index in [-0.39, 0.29) is 10.9 Å². The molecule has 0 bridgehead atoms. The standard InChI is InChI=1S/C28H30N2O6S/c1-19-9-11-24-22(15-19)23(17-28(2,3)36-24)29-27(31)18-30(37(32,33)21-7-5-4-6-8-21)20-10-12-25-26(16-20)35-14-13-34-25/h4-12,15-16,23H,13-14,17-18H2,1-3H3,(H,29,31).